The zero-order valence-corrected chi connectivity index (χ0v) is 12.0. The Morgan fingerprint density at radius 3 is 2.43 bits per heavy atom. The van der Waals surface area contributed by atoms with Gasteiger partial charge in [0.2, 0.25) is 5.78 Å². The predicted octanol–water partition coefficient (Wildman–Crippen LogP) is 2.37. The molecule has 0 saturated heterocycles. The Bertz CT molecular complexity index is 741. The number of aliphatic carboxylic acids is 1. The summed E-state index contributed by atoms with van der Waals surface area (Å²) in [5.41, 5.74) is 0.597. The molecule has 0 bridgehead atoms. The molecule has 1 N–H and O–H groups in total. The van der Waals surface area contributed by atoms with Crippen LogP contribution >= 0.6 is 0 Å². The molecule has 0 heterocycles. The fraction of sp³-hybridized carbons (Fsp3) is 0.125. The third-order valence-corrected chi connectivity index (χ3v) is 3.09. The van der Waals surface area contributed by atoms with E-state index in [2.05, 4.69) is 0 Å². The highest BCUT2D eigenvalue weighted by atomic mass is 16.6. The first kappa shape index (κ1) is 16.2. The Morgan fingerprint density at radius 2 is 1.83 bits per heavy atom. The highest BCUT2D eigenvalue weighted by Crippen LogP contribution is 2.26. The summed E-state index contributed by atoms with van der Waals surface area (Å²) < 4.78 is 5.48. The number of nitrogens with zero attached hydrogens (tertiary/aromatic N) is 1. The Hall–Kier alpha value is -3.22. The average molecular weight is 315 g/mol. The highest BCUT2D eigenvalue weighted by molar-refractivity contribution is 6.33. The Labute approximate surface area is 131 Å². The van der Waals surface area contributed by atoms with Gasteiger partial charge in [-0.3, -0.25) is 14.9 Å². The fourth-order valence-electron chi connectivity index (χ4n) is 1.94. The number of benzene rings is 2. The van der Waals surface area contributed by atoms with Crippen molar-refractivity contribution in [1.82, 2.24) is 0 Å². The SMILES string of the molecule is O=C(O)C(=O)Cc1ccc(OCc2ccccc2)cc1[N+](=O)[O-]. The average Bonchev–Trinajstić information content (AvgIpc) is 2.54. The number of carboxylic acids is 1. The van der Waals surface area contributed by atoms with Crippen LogP contribution in [0.3, 0.4) is 0 Å². The summed E-state index contributed by atoms with van der Waals surface area (Å²) in [5.74, 6) is -2.46. The fourth-order valence-corrected chi connectivity index (χ4v) is 1.94. The van der Waals surface area contributed by atoms with Crippen molar-refractivity contribution >= 4 is 17.4 Å². The summed E-state index contributed by atoms with van der Waals surface area (Å²) in [5, 5.41) is 19.7. The molecule has 0 saturated carbocycles. The van der Waals surface area contributed by atoms with Crippen LogP contribution in [0.4, 0.5) is 5.69 Å². The Balaban J connectivity index is 2.17. The summed E-state index contributed by atoms with van der Waals surface area (Å²) in [6.45, 7) is 0.241. The number of carbonyl (C=O) groups is 2. The molecule has 0 aliphatic rings. The lowest BCUT2D eigenvalue weighted by molar-refractivity contribution is -0.385. The lowest BCUT2D eigenvalue weighted by atomic mass is 10.1. The number of hydrogen-bond donors (Lipinski definition) is 1. The van der Waals surface area contributed by atoms with E-state index in [0.29, 0.717) is 0 Å². The van der Waals surface area contributed by atoms with Gasteiger partial charge >= 0.3 is 5.97 Å². The van der Waals surface area contributed by atoms with E-state index in [4.69, 9.17) is 9.84 Å². The summed E-state index contributed by atoms with van der Waals surface area (Å²) >= 11 is 0. The largest absolute Gasteiger partial charge is 0.489 e. The second kappa shape index (κ2) is 7.17. The first-order valence-corrected chi connectivity index (χ1v) is 6.67. The van der Waals surface area contributed by atoms with Crippen molar-refractivity contribution in [2.24, 2.45) is 0 Å². The first-order chi connectivity index (χ1) is 11.0. The minimum atomic E-state index is -1.62. The summed E-state index contributed by atoms with van der Waals surface area (Å²) in [6.07, 6.45) is -0.537. The summed E-state index contributed by atoms with van der Waals surface area (Å²) in [4.78, 5) is 32.2. The van der Waals surface area contributed by atoms with Gasteiger partial charge in [0.1, 0.15) is 12.4 Å². The van der Waals surface area contributed by atoms with Gasteiger partial charge in [-0.1, -0.05) is 30.3 Å². The molecule has 0 spiro atoms. The van der Waals surface area contributed by atoms with Crippen LogP contribution in [0, 0.1) is 10.1 Å². The highest BCUT2D eigenvalue weighted by Gasteiger charge is 2.21. The zero-order valence-electron chi connectivity index (χ0n) is 12.0. The molecule has 2 rings (SSSR count). The Kier molecular flexibility index (Phi) is 5.03. The van der Waals surface area contributed by atoms with E-state index in [1.54, 1.807) is 0 Å². The Morgan fingerprint density at radius 1 is 1.13 bits per heavy atom. The van der Waals surface area contributed by atoms with Gasteiger partial charge in [-0.05, 0) is 17.7 Å². The van der Waals surface area contributed by atoms with Gasteiger partial charge in [0.15, 0.2) is 0 Å². The number of Topliss-reactive ketones (excluding diaryl/α,β-unsaturated/α-hetero) is 1. The van der Waals surface area contributed by atoms with E-state index in [0.717, 1.165) is 5.56 Å². The third kappa shape index (κ3) is 4.37. The maximum atomic E-state index is 11.2. The molecule has 7 nitrogen and oxygen atoms in total. The van der Waals surface area contributed by atoms with Crippen LogP contribution in [0.5, 0.6) is 5.75 Å². The number of rotatable bonds is 7. The number of ketones is 1. The van der Waals surface area contributed by atoms with E-state index in [1.165, 1.54) is 18.2 Å². The minimum absolute atomic E-state index is 0.0365. The van der Waals surface area contributed by atoms with Crippen LogP contribution in [0.25, 0.3) is 0 Å². The quantitative estimate of drug-likeness (QED) is 0.477. The number of carboxylic acid groups (broad SMARTS) is 1. The maximum Gasteiger partial charge on any atom is 0.372 e. The van der Waals surface area contributed by atoms with Crippen LogP contribution in [-0.2, 0) is 22.6 Å². The zero-order chi connectivity index (χ0) is 16.8. The van der Waals surface area contributed by atoms with E-state index in [-0.39, 0.29) is 23.6 Å². The molecule has 0 aliphatic carbocycles. The van der Waals surface area contributed by atoms with Gasteiger partial charge in [0.25, 0.3) is 5.69 Å². The normalized spacial score (nSPS) is 10.1. The number of nitro groups is 1. The molecule has 0 aliphatic heterocycles. The molecule has 0 atom stereocenters. The monoisotopic (exact) mass is 315 g/mol. The molecule has 23 heavy (non-hydrogen) atoms. The lowest BCUT2D eigenvalue weighted by Gasteiger charge is -2.08. The van der Waals surface area contributed by atoms with Crippen molar-refractivity contribution < 1.29 is 24.4 Å². The molecular formula is C16H13NO6. The molecule has 0 aromatic heterocycles. The third-order valence-electron chi connectivity index (χ3n) is 3.09. The lowest BCUT2D eigenvalue weighted by Crippen LogP contribution is -2.15. The molecule has 118 valence electrons. The molecule has 0 fully saturated rings. The second-order valence-electron chi connectivity index (χ2n) is 4.73. The van der Waals surface area contributed by atoms with E-state index in [1.807, 2.05) is 30.3 Å². The summed E-state index contributed by atoms with van der Waals surface area (Å²) in [7, 11) is 0. The topological polar surface area (TPSA) is 107 Å². The van der Waals surface area contributed by atoms with Crippen molar-refractivity contribution in [2.75, 3.05) is 0 Å². The van der Waals surface area contributed by atoms with Crippen molar-refractivity contribution in [3.05, 3.63) is 69.8 Å². The van der Waals surface area contributed by atoms with E-state index in [9.17, 15) is 19.7 Å². The first-order valence-electron chi connectivity index (χ1n) is 6.67. The smallest absolute Gasteiger partial charge is 0.372 e. The minimum Gasteiger partial charge on any atom is -0.489 e. The standard InChI is InChI=1S/C16H13NO6/c18-15(16(19)20)8-12-6-7-13(9-14(12)17(21)22)23-10-11-4-2-1-3-5-11/h1-7,9H,8,10H2,(H,19,20). The van der Waals surface area contributed by atoms with Crippen LogP contribution in [-0.4, -0.2) is 21.8 Å². The van der Waals surface area contributed by atoms with E-state index >= 15 is 0 Å². The second-order valence-corrected chi connectivity index (χ2v) is 4.73. The van der Waals surface area contributed by atoms with Crippen LogP contribution < -0.4 is 4.74 Å². The molecule has 0 amide bonds. The van der Waals surface area contributed by atoms with Crippen molar-refractivity contribution in [3.8, 4) is 5.75 Å². The van der Waals surface area contributed by atoms with Crippen molar-refractivity contribution in [2.45, 2.75) is 13.0 Å². The van der Waals surface area contributed by atoms with Gasteiger partial charge in [0, 0.05) is 12.0 Å². The van der Waals surface area contributed by atoms with Crippen molar-refractivity contribution in [3.63, 3.8) is 0 Å². The number of ether oxygens (including phenoxy) is 1. The molecule has 0 unspecified atom stereocenters. The van der Waals surface area contributed by atoms with Gasteiger partial charge in [0.05, 0.1) is 11.0 Å². The number of carbonyl (C=O) groups excluding carboxylic acids is 1. The van der Waals surface area contributed by atoms with Gasteiger partial charge in [-0.15, -0.1) is 0 Å². The van der Waals surface area contributed by atoms with Crippen LogP contribution in [0.2, 0.25) is 0 Å². The van der Waals surface area contributed by atoms with Crippen LogP contribution in [0.15, 0.2) is 48.5 Å². The molecular weight excluding hydrogens is 302 g/mol. The van der Waals surface area contributed by atoms with Gasteiger partial charge in [-0.2, -0.15) is 0 Å². The molecule has 7 heteroatoms. The van der Waals surface area contributed by atoms with Crippen LogP contribution in [0.1, 0.15) is 11.1 Å². The summed E-state index contributed by atoms with van der Waals surface area (Å²) in [6, 6.07) is 13.3. The maximum absolute atomic E-state index is 11.2. The molecule has 0 radical (unpaired) electrons. The molecule has 2 aromatic carbocycles. The van der Waals surface area contributed by atoms with Gasteiger partial charge in [-0.25, -0.2) is 4.79 Å². The van der Waals surface area contributed by atoms with E-state index < -0.39 is 23.1 Å². The van der Waals surface area contributed by atoms with Crippen molar-refractivity contribution in [1.29, 1.82) is 0 Å². The van der Waals surface area contributed by atoms with Gasteiger partial charge < -0.3 is 9.84 Å². The predicted molar refractivity (Wildman–Crippen MR) is 80.2 cm³/mol. The number of hydrogen-bond acceptors (Lipinski definition) is 5. The number of nitro benzene ring substituents is 1. The molecule has 2 aromatic rings.